The highest BCUT2D eigenvalue weighted by Crippen LogP contribution is 2.26. The fourth-order valence-electron chi connectivity index (χ4n) is 1.94. The molecule has 0 aliphatic carbocycles. The van der Waals surface area contributed by atoms with Gasteiger partial charge in [0.15, 0.2) is 0 Å². The summed E-state index contributed by atoms with van der Waals surface area (Å²) >= 11 is 0. The Bertz CT molecular complexity index is 596. The van der Waals surface area contributed by atoms with E-state index in [0.717, 1.165) is 28.3 Å². The Morgan fingerprint density at radius 2 is 1.85 bits per heavy atom. The number of nitrogens with one attached hydrogen (secondary N) is 1. The first-order valence-corrected chi connectivity index (χ1v) is 6.38. The standard InChI is InChI=1S/C16H19NO3/c1-11-4-5-13(9-15(11)18)17-10-12-8-14(19-2)6-7-16(12)20-3/h4-9,17-18H,10H2,1-3H3. The van der Waals surface area contributed by atoms with Crippen LogP contribution in [0.5, 0.6) is 17.2 Å². The Morgan fingerprint density at radius 3 is 2.50 bits per heavy atom. The van der Waals surface area contributed by atoms with Gasteiger partial charge in [-0.3, -0.25) is 0 Å². The zero-order valence-corrected chi connectivity index (χ0v) is 11.9. The maximum absolute atomic E-state index is 9.70. The quantitative estimate of drug-likeness (QED) is 0.877. The monoisotopic (exact) mass is 273 g/mol. The van der Waals surface area contributed by atoms with Gasteiger partial charge in [-0.15, -0.1) is 0 Å². The first-order valence-electron chi connectivity index (χ1n) is 6.38. The van der Waals surface area contributed by atoms with Crippen LogP contribution in [0.25, 0.3) is 0 Å². The molecule has 20 heavy (non-hydrogen) atoms. The minimum Gasteiger partial charge on any atom is -0.508 e. The number of rotatable bonds is 5. The van der Waals surface area contributed by atoms with Gasteiger partial charge >= 0.3 is 0 Å². The van der Waals surface area contributed by atoms with Gasteiger partial charge in [-0.1, -0.05) is 6.07 Å². The fourth-order valence-corrected chi connectivity index (χ4v) is 1.94. The molecule has 0 saturated carbocycles. The van der Waals surface area contributed by atoms with Crippen molar-refractivity contribution in [1.82, 2.24) is 0 Å². The number of hydrogen-bond acceptors (Lipinski definition) is 4. The van der Waals surface area contributed by atoms with Crippen molar-refractivity contribution in [3.63, 3.8) is 0 Å². The molecule has 0 fully saturated rings. The second-order valence-corrected chi connectivity index (χ2v) is 4.53. The van der Waals surface area contributed by atoms with Gasteiger partial charge in [0.05, 0.1) is 14.2 Å². The number of methoxy groups -OCH3 is 2. The normalized spacial score (nSPS) is 10.2. The summed E-state index contributed by atoms with van der Waals surface area (Å²) in [7, 11) is 3.28. The molecule has 0 amide bonds. The molecule has 0 spiro atoms. The van der Waals surface area contributed by atoms with Gasteiger partial charge in [0, 0.05) is 23.9 Å². The van der Waals surface area contributed by atoms with Gasteiger partial charge in [-0.05, 0) is 36.8 Å². The third kappa shape index (κ3) is 3.15. The van der Waals surface area contributed by atoms with Crippen molar-refractivity contribution in [2.75, 3.05) is 19.5 Å². The number of phenols is 1. The second-order valence-electron chi connectivity index (χ2n) is 4.53. The maximum atomic E-state index is 9.70. The van der Waals surface area contributed by atoms with E-state index in [2.05, 4.69) is 5.32 Å². The van der Waals surface area contributed by atoms with Crippen molar-refractivity contribution >= 4 is 5.69 Å². The maximum Gasteiger partial charge on any atom is 0.124 e. The van der Waals surface area contributed by atoms with Crippen LogP contribution in [0.2, 0.25) is 0 Å². The molecule has 2 rings (SSSR count). The number of aromatic hydroxyl groups is 1. The summed E-state index contributed by atoms with van der Waals surface area (Å²) in [5, 5.41) is 13.0. The van der Waals surface area contributed by atoms with Crippen molar-refractivity contribution in [2.45, 2.75) is 13.5 Å². The first kappa shape index (κ1) is 14.1. The smallest absolute Gasteiger partial charge is 0.124 e. The topological polar surface area (TPSA) is 50.7 Å². The molecule has 0 aliphatic rings. The van der Waals surface area contributed by atoms with Gasteiger partial charge < -0.3 is 19.9 Å². The largest absolute Gasteiger partial charge is 0.508 e. The Morgan fingerprint density at radius 1 is 1.05 bits per heavy atom. The van der Waals surface area contributed by atoms with Crippen LogP contribution in [0.4, 0.5) is 5.69 Å². The van der Waals surface area contributed by atoms with Gasteiger partial charge in [-0.25, -0.2) is 0 Å². The highest BCUT2D eigenvalue weighted by atomic mass is 16.5. The molecule has 2 aromatic carbocycles. The van der Waals surface area contributed by atoms with Gasteiger partial charge in [0.1, 0.15) is 17.2 Å². The lowest BCUT2D eigenvalue weighted by atomic mass is 10.1. The average molecular weight is 273 g/mol. The number of benzene rings is 2. The van der Waals surface area contributed by atoms with E-state index in [-0.39, 0.29) is 5.75 Å². The summed E-state index contributed by atoms with van der Waals surface area (Å²) in [6.45, 7) is 2.45. The molecule has 0 atom stereocenters. The molecule has 2 aromatic rings. The Balaban J connectivity index is 2.15. The van der Waals surface area contributed by atoms with Crippen molar-refractivity contribution in [1.29, 1.82) is 0 Å². The summed E-state index contributed by atoms with van der Waals surface area (Å²) in [4.78, 5) is 0. The minimum absolute atomic E-state index is 0.285. The van der Waals surface area contributed by atoms with Crippen LogP contribution in [0.15, 0.2) is 36.4 Å². The van der Waals surface area contributed by atoms with Crippen LogP contribution in [0, 0.1) is 6.92 Å². The highest BCUT2D eigenvalue weighted by molar-refractivity contribution is 5.52. The third-order valence-electron chi connectivity index (χ3n) is 3.18. The van der Waals surface area contributed by atoms with Crippen molar-refractivity contribution in [3.8, 4) is 17.2 Å². The summed E-state index contributed by atoms with van der Waals surface area (Å²) < 4.78 is 10.5. The lowest BCUT2D eigenvalue weighted by molar-refractivity contribution is 0.399. The molecule has 0 heterocycles. The fraction of sp³-hybridized carbons (Fsp3) is 0.250. The van der Waals surface area contributed by atoms with E-state index in [4.69, 9.17) is 9.47 Å². The van der Waals surface area contributed by atoms with Crippen LogP contribution in [-0.2, 0) is 6.54 Å². The second kappa shape index (κ2) is 6.19. The lowest BCUT2D eigenvalue weighted by Gasteiger charge is -2.12. The minimum atomic E-state index is 0.285. The predicted molar refractivity (Wildman–Crippen MR) is 79.7 cm³/mol. The molecule has 0 radical (unpaired) electrons. The van der Waals surface area contributed by atoms with Gasteiger partial charge in [0.25, 0.3) is 0 Å². The molecule has 0 saturated heterocycles. The Kier molecular flexibility index (Phi) is 4.35. The number of phenolic OH excluding ortho intramolecular Hbond substituents is 1. The molecule has 0 aromatic heterocycles. The summed E-state index contributed by atoms with van der Waals surface area (Å²) in [6.07, 6.45) is 0. The van der Waals surface area contributed by atoms with Crippen LogP contribution in [-0.4, -0.2) is 19.3 Å². The zero-order valence-electron chi connectivity index (χ0n) is 11.9. The van der Waals surface area contributed by atoms with Crippen molar-refractivity contribution in [3.05, 3.63) is 47.5 Å². The van der Waals surface area contributed by atoms with Crippen molar-refractivity contribution in [2.24, 2.45) is 0 Å². The Labute approximate surface area is 119 Å². The van der Waals surface area contributed by atoms with E-state index >= 15 is 0 Å². The molecule has 2 N–H and O–H groups in total. The van der Waals surface area contributed by atoms with E-state index in [1.54, 1.807) is 20.3 Å². The molecule has 0 bridgehead atoms. The van der Waals surface area contributed by atoms with Crippen LogP contribution >= 0.6 is 0 Å². The lowest BCUT2D eigenvalue weighted by Crippen LogP contribution is -2.02. The summed E-state index contributed by atoms with van der Waals surface area (Å²) in [5.41, 5.74) is 2.71. The number of aryl methyl sites for hydroxylation is 1. The molecule has 0 aliphatic heterocycles. The van der Waals surface area contributed by atoms with Crippen LogP contribution in [0.1, 0.15) is 11.1 Å². The van der Waals surface area contributed by atoms with E-state index in [1.807, 2.05) is 37.3 Å². The van der Waals surface area contributed by atoms with Gasteiger partial charge in [-0.2, -0.15) is 0 Å². The van der Waals surface area contributed by atoms with E-state index in [9.17, 15) is 5.11 Å². The molecule has 4 nitrogen and oxygen atoms in total. The summed E-state index contributed by atoms with van der Waals surface area (Å²) in [5.74, 6) is 1.87. The van der Waals surface area contributed by atoms with E-state index < -0.39 is 0 Å². The predicted octanol–water partition coefficient (Wildman–Crippen LogP) is 3.33. The zero-order chi connectivity index (χ0) is 14.5. The van der Waals surface area contributed by atoms with Crippen LogP contribution < -0.4 is 14.8 Å². The Hall–Kier alpha value is -2.36. The number of anilines is 1. The van der Waals surface area contributed by atoms with E-state index in [0.29, 0.717) is 6.54 Å². The van der Waals surface area contributed by atoms with Crippen LogP contribution in [0.3, 0.4) is 0 Å². The number of ether oxygens (including phenoxy) is 2. The van der Waals surface area contributed by atoms with Gasteiger partial charge in [0.2, 0.25) is 0 Å². The SMILES string of the molecule is COc1ccc(OC)c(CNc2ccc(C)c(O)c2)c1. The molecule has 106 valence electrons. The molecule has 0 unspecified atom stereocenters. The molecule has 4 heteroatoms. The highest BCUT2D eigenvalue weighted by Gasteiger charge is 2.05. The first-order chi connectivity index (χ1) is 9.63. The number of hydrogen-bond donors (Lipinski definition) is 2. The summed E-state index contributed by atoms with van der Waals surface area (Å²) in [6, 6.07) is 11.2. The third-order valence-corrected chi connectivity index (χ3v) is 3.18. The average Bonchev–Trinajstić information content (AvgIpc) is 2.48. The molecular weight excluding hydrogens is 254 g/mol. The molecular formula is C16H19NO3. The van der Waals surface area contributed by atoms with Crippen molar-refractivity contribution < 1.29 is 14.6 Å². The van der Waals surface area contributed by atoms with E-state index in [1.165, 1.54) is 0 Å².